The maximum atomic E-state index is 12.9. The van der Waals surface area contributed by atoms with Crippen LogP contribution in [-0.4, -0.2) is 52.7 Å². The number of rotatable bonds is 5. The van der Waals surface area contributed by atoms with Crippen molar-refractivity contribution in [2.75, 3.05) is 26.2 Å². The van der Waals surface area contributed by atoms with Gasteiger partial charge in [-0.2, -0.15) is 0 Å². The van der Waals surface area contributed by atoms with Crippen molar-refractivity contribution in [1.29, 1.82) is 0 Å². The summed E-state index contributed by atoms with van der Waals surface area (Å²) < 4.78 is 0. The van der Waals surface area contributed by atoms with Gasteiger partial charge in [0.05, 0.1) is 0 Å². The van der Waals surface area contributed by atoms with Crippen molar-refractivity contribution in [3.8, 4) is 0 Å². The summed E-state index contributed by atoms with van der Waals surface area (Å²) in [5.41, 5.74) is 0.466. The molecule has 4 rings (SSSR count). The average Bonchev–Trinajstić information content (AvgIpc) is 2.89. The molecule has 1 aromatic carbocycles. The molecule has 1 aliphatic carbocycles. The van der Waals surface area contributed by atoms with E-state index in [2.05, 4.69) is 35.2 Å². The predicted octanol–water partition coefficient (Wildman–Crippen LogP) is 3.30. The Bertz CT molecular complexity index is 637. The minimum atomic E-state index is -0.938. The Kier molecular flexibility index (Phi) is 5.56. The van der Waals surface area contributed by atoms with Crippen LogP contribution in [0, 0.1) is 17.8 Å². The summed E-state index contributed by atoms with van der Waals surface area (Å²) in [7, 11) is 0. The van der Waals surface area contributed by atoms with Crippen molar-refractivity contribution in [2.45, 2.75) is 57.6 Å². The highest BCUT2D eigenvalue weighted by atomic mass is 16.3. The third-order valence-electron chi connectivity index (χ3n) is 7.31. The Labute approximate surface area is 163 Å². The molecule has 2 aliphatic heterocycles. The standard InChI is InChI=1S/C23H34N2O2/c1-23(27)21-10-6-5-9-20(21)22(26)25(23)17-19-12-15-24(16-13-19)14-11-18-7-3-2-4-8-18/h2-4,7-8,19-21,27H,5-6,9-17H2,1H3/t20-,21+,23?/m1/s1. The van der Waals surface area contributed by atoms with Crippen LogP contribution in [-0.2, 0) is 11.2 Å². The number of hydrogen-bond donors (Lipinski definition) is 1. The molecule has 3 aliphatic rings. The van der Waals surface area contributed by atoms with E-state index in [-0.39, 0.29) is 17.7 Å². The molecule has 1 unspecified atom stereocenters. The van der Waals surface area contributed by atoms with Crippen molar-refractivity contribution in [3.05, 3.63) is 35.9 Å². The zero-order chi connectivity index (χ0) is 18.9. The summed E-state index contributed by atoms with van der Waals surface area (Å²) in [6.45, 7) is 5.95. The number of amides is 1. The summed E-state index contributed by atoms with van der Waals surface area (Å²) in [6.07, 6.45) is 7.61. The second kappa shape index (κ2) is 7.92. The largest absolute Gasteiger partial charge is 0.371 e. The van der Waals surface area contributed by atoms with E-state index in [1.807, 2.05) is 11.8 Å². The lowest BCUT2D eigenvalue weighted by Gasteiger charge is -2.39. The quantitative estimate of drug-likeness (QED) is 0.865. The fraction of sp³-hybridized carbons (Fsp3) is 0.696. The molecule has 148 valence electrons. The Balaban J connectivity index is 1.28. The van der Waals surface area contributed by atoms with Gasteiger partial charge in [0.25, 0.3) is 0 Å². The van der Waals surface area contributed by atoms with Crippen LogP contribution in [0.4, 0.5) is 0 Å². The van der Waals surface area contributed by atoms with Gasteiger partial charge in [0.15, 0.2) is 0 Å². The van der Waals surface area contributed by atoms with Gasteiger partial charge in [-0.25, -0.2) is 0 Å². The second-order valence-electron chi connectivity index (χ2n) is 9.06. The highest BCUT2D eigenvalue weighted by Gasteiger charge is 2.55. The van der Waals surface area contributed by atoms with E-state index < -0.39 is 5.72 Å². The maximum absolute atomic E-state index is 12.9. The predicted molar refractivity (Wildman–Crippen MR) is 107 cm³/mol. The maximum Gasteiger partial charge on any atom is 0.228 e. The smallest absolute Gasteiger partial charge is 0.228 e. The lowest BCUT2D eigenvalue weighted by atomic mass is 9.77. The van der Waals surface area contributed by atoms with Crippen LogP contribution < -0.4 is 0 Å². The fourth-order valence-corrected chi connectivity index (χ4v) is 5.56. The first kappa shape index (κ1) is 18.9. The third-order valence-corrected chi connectivity index (χ3v) is 7.31. The second-order valence-corrected chi connectivity index (χ2v) is 9.06. The minimum Gasteiger partial charge on any atom is -0.371 e. The van der Waals surface area contributed by atoms with Gasteiger partial charge in [-0.15, -0.1) is 0 Å². The average molecular weight is 371 g/mol. The van der Waals surface area contributed by atoms with E-state index in [1.165, 1.54) is 5.56 Å². The monoisotopic (exact) mass is 370 g/mol. The highest BCUT2D eigenvalue weighted by Crippen LogP contribution is 2.46. The van der Waals surface area contributed by atoms with Crippen LogP contribution in [0.25, 0.3) is 0 Å². The molecule has 1 amide bonds. The van der Waals surface area contributed by atoms with Gasteiger partial charge in [-0.3, -0.25) is 4.79 Å². The molecular formula is C23H34N2O2. The van der Waals surface area contributed by atoms with Gasteiger partial charge in [-0.1, -0.05) is 43.2 Å². The van der Waals surface area contributed by atoms with Gasteiger partial charge < -0.3 is 14.9 Å². The molecule has 4 heteroatoms. The zero-order valence-corrected chi connectivity index (χ0v) is 16.6. The van der Waals surface area contributed by atoms with Crippen LogP contribution >= 0.6 is 0 Å². The molecule has 0 spiro atoms. The van der Waals surface area contributed by atoms with Crippen LogP contribution in [0.5, 0.6) is 0 Å². The van der Waals surface area contributed by atoms with Gasteiger partial charge in [0.1, 0.15) is 5.72 Å². The van der Waals surface area contributed by atoms with Crippen molar-refractivity contribution in [2.24, 2.45) is 17.8 Å². The normalized spacial score (nSPS) is 32.7. The fourth-order valence-electron chi connectivity index (χ4n) is 5.56. The molecule has 27 heavy (non-hydrogen) atoms. The molecule has 2 heterocycles. The van der Waals surface area contributed by atoms with E-state index in [0.717, 1.165) is 71.1 Å². The van der Waals surface area contributed by atoms with E-state index >= 15 is 0 Å². The Morgan fingerprint density at radius 1 is 1.07 bits per heavy atom. The lowest BCUT2D eigenvalue weighted by molar-refractivity contribution is -0.149. The van der Waals surface area contributed by atoms with E-state index in [0.29, 0.717) is 5.92 Å². The number of piperidine rings is 1. The summed E-state index contributed by atoms with van der Waals surface area (Å²) >= 11 is 0. The molecule has 2 saturated heterocycles. The third kappa shape index (κ3) is 3.93. The molecule has 1 N–H and O–H groups in total. The van der Waals surface area contributed by atoms with Gasteiger partial charge >= 0.3 is 0 Å². The number of hydrogen-bond acceptors (Lipinski definition) is 3. The number of fused-ring (bicyclic) bond motifs is 1. The molecule has 1 aromatic rings. The zero-order valence-electron chi connectivity index (χ0n) is 16.6. The molecule has 3 atom stereocenters. The van der Waals surface area contributed by atoms with Crippen molar-refractivity contribution < 1.29 is 9.90 Å². The van der Waals surface area contributed by atoms with Crippen molar-refractivity contribution in [1.82, 2.24) is 9.80 Å². The molecule has 1 saturated carbocycles. The molecule has 4 nitrogen and oxygen atoms in total. The van der Waals surface area contributed by atoms with Gasteiger partial charge in [-0.05, 0) is 63.6 Å². The van der Waals surface area contributed by atoms with E-state index in [9.17, 15) is 9.90 Å². The Morgan fingerprint density at radius 2 is 1.78 bits per heavy atom. The summed E-state index contributed by atoms with van der Waals surface area (Å²) in [6, 6.07) is 10.7. The summed E-state index contributed by atoms with van der Waals surface area (Å²) in [5.74, 6) is 0.953. The Hall–Kier alpha value is -1.39. The van der Waals surface area contributed by atoms with E-state index in [1.54, 1.807) is 0 Å². The number of aliphatic hydroxyl groups is 1. The molecule has 0 aromatic heterocycles. The van der Waals surface area contributed by atoms with E-state index in [4.69, 9.17) is 0 Å². The number of carbonyl (C=O) groups excluding carboxylic acids is 1. The molecule has 0 radical (unpaired) electrons. The molecule has 0 bridgehead atoms. The molecular weight excluding hydrogens is 336 g/mol. The highest BCUT2D eigenvalue weighted by molar-refractivity contribution is 5.82. The first-order chi connectivity index (χ1) is 13.1. The Morgan fingerprint density at radius 3 is 2.48 bits per heavy atom. The van der Waals surface area contributed by atoms with Crippen molar-refractivity contribution in [3.63, 3.8) is 0 Å². The SMILES string of the molecule is CC1(O)[C@H]2CCCC[C@H]2C(=O)N1CC1CCN(CCc2ccccc2)CC1. The van der Waals surface area contributed by atoms with Crippen molar-refractivity contribution >= 4 is 5.91 Å². The van der Waals surface area contributed by atoms with Gasteiger partial charge in [0.2, 0.25) is 5.91 Å². The van der Waals surface area contributed by atoms with Crippen LogP contribution in [0.2, 0.25) is 0 Å². The van der Waals surface area contributed by atoms with Gasteiger partial charge in [0, 0.05) is 24.9 Å². The number of carbonyl (C=O) groups is 1. The summed E-state index contributed by atoms with van der Waals surface area (Å²) in [5, 5.41) is 11.1. The first-order valence-corrected chi connectivity index (χ1v) is 10.9. The number of nitrogens with zero attached hydrogens (tertiary/aromatic N) is 2. The van der Waals surface area contributed by atoms with Crippen LogP contribution in [0.15, 0.2) is 30.3 Å². The lowest BCUT2D eigenvalue weighted by Crippen LogP contribution is -2.50. The van der Waals surface area contributed by atoms with Crippen LogP contribution in [0.3, 0.4) is 0 Å². The molecule has 3 fully saturated rings. The number of likely N-dealkylation sites (tertiary alicyclic amines) is 2. The van der Waals surface area contributed by atoms with Crippen LogP contribution in [0.1, 0.15) is 51.0 Å². The first-order valence-electron chi connectivity index (χ1n) is 10.9. The minimum absolute atomic E-state index is 0.0692. The topological polar surface area (TPSA) is 43.8 Å². The number of benzene rings is 1. The summed E-state index contributed by atoms with van der Waals surface area (Å²) in [4.78, 5) is 17.3.